The molecule has 1 amide bonds. The minimum Gasteiger partial charge on any atom is -0.379 e. The molecular formula is C14H20ClN3O3. The summed E-state index contributed by atoms with van der Waals surface area (Å²) in [5.41, 5.74) is 2.17. The van der Waals surface area contributed by atoms with Gasteiger partial charge in [0.2, 0.25) is 0 Å². The number of hydrogen-bond acceptors (Lipinski definition) is 5. The van der Waals surface area contributed by atoms with Crippen molar-refractivity contribution in [2.75, 3.05) is 18.5 Å². The molecule has 0 radical (unpaired) electrons. The van der Waals surface area contributed by atoms with Crippen molar-refractivity contribution in [3.05, 3.63) is 28.9 Å². The minimum absolute atomic E-state index is 0.230. The third kappa shape index (κ3) is 7.08. The summed E-state index contributed by atoms with van der Waals surface area (Å²) in [6.07, 6.45) is 5.36. The number of hydroxylamine groups is 1. The summed E-state index contributed by atoms with van der Waals surface area (Å²) < 4.78 is 5.43. The largest absolute Gasteiger partial charge is 0.379 e. The van der Waals surface area contributed by atoms with E-state index in [1.165, 1.54) is 17.6 Å². The van der Waals surface area contributed by atoms with Crippen LogP contribution >= 0.6 is 11.6 Å². The quantitative estimate of drug-likeness (QED) is 0.297. The Hall–Kier alpha value is -1.63. The lowest BCUT2D eigenvalue weighted by Crippen LogP contribution is -2.14. The first-order chi connectivity index (χ1) is 10.0. The number of rotatable bonds is 8. The standard InChI is InChI=1S/C14H20ClN3O3/c1-10(2)21-7-3-6-16-14-12(15)8-11(9-17-14)4-5-13(19)18-20/h4-5,8-10,20H,3,6-7H2,1-2H3,(H,16,17)(H,18,19). The van der Waals surface area contributed by atoms with Crippen LogP contribution in [0.5, 0.6) is 0 Å². The van der Waals surface area contributed by atoms with Gasteiger partial charge in [0, 0.05) is 25.4 Å². The van der Waals surface area contributed by atoms with E-state index >= 15 is 0 Å². The first-order valence-electron chi connectivity index (χ1n) is 6.66. The number of aromatic nitrogens is 1. The lowest BCUT2D eigenvalue weighted by molar-refractivity contribution is -0.124. The van der Waals surface area contributed by atoms with Gasteiger partial charge >= 0.3 is 0 Å². The number of carbonyl (C=O) groups is 1. The van der Waals surface area contributed by atoms with Gasteiger partial charge in [0.1, 0.15) is 5.82 Å². The van der Waals surface area contributed by atoms with Crippen molar-refractivity contribution in [1.82, 2.24) is 10.5 Å². The Labute approximate surface area is 129 Å². The van der Waals surface area contributed by atoms with Gasteiger partial charge in [-0.15, -0.1) is 0 Å². The van der Waals surface area contributed by atoms with E-state index in [0.29, 0.717) is 29.6 Å². The first kappa shape index (κ1) is 17.4. The third-order valence-corrected chi connectivity index (χ3v) is 2.75. The number of pyridine rings is 1. The number of hydrogen-bond donors (Lipinski definition) is 3. The number of amides is 1. The maximum Gasteiger partial charge on any atom is 0.267 e. The Bertz CT molecular complexity index is 492. The zero-order chi connectivity index (χ0) is 15.7. The van der Waals surface area contributed by atoms with Crippen LogP contribution in [0.15, 0.2) is 18.3 Å². The van der Waals surface area contributed by atoms with E-state index in [-0.39, 0.29) is 6.10 Å². The Balaban J connectivity index is 2.47. The highest BCUT2D eigenvalue weighted by Crippen LogP contribution is 2.20. The summed E-state index contributed by atoms with van der Waals surface area (Å²) in [7, 11) is 0. The Morgan fingerprint density at radius 3 is 2.95 bits per heavy atom. The number of anilines is 1. The highest BCUT2D eigenvalue weighted by molar-refractivity contribution is 6.33. The van der Waals surface area contributed by atoms with E-state index in [1.54, 1.807) is 12.3 Å². The monoisotopic (exact) mass is 313 g/mol. The van der Waals surface area contributed by atoms with Crippen LogP contribution in [0.3, 0.4) is 0 Å². The van der Waals surface area contributed by atoms with Crippen LogP contribution in [-0.4, -0.2) is 35.4 Å². The zero-order valence-corrected chi connectivity index (χ0v) is 12.9. The summed E-state index contributed by atoms with van der Waals surface area (Å²) in [5, 5.41) is 12.0. The van der Waals surface area contributed by atoms with E-state index in [0.717, 1.165) is 6.42 Å². The molecule has 3 N–H and O–H groups in total. The minimum atomic E-state index is -0.613. The molecule has 0 aromatic carbocycles. The lowest BCUT2D eigenvalue weighted by Gasteiger charge is -2.09. The molecule has 0 aliphatic heterocycles. The van der Waals surface area contributed by atoms with Crippen molar-refractivity contribution in [1.29, 1.82) is 0 Å². The van der Waals surface area contributed by atoms with Crippen LogP contribution in [0.4, 0.5) is 5.82 Å². The normalized spacial score (nSPS) is 11.1. The second-order valence-corrected chi connectivity index (χ2v) is 5.02. The molecule has 1 heterocycles. The second kappa shape index (κ2) is 9.33. The SMILES string of the molecule is CC(C)OCCCNc1ncc(C=CC(=O)NO)cc1Cl. The highest BCUT2D eigenvalue weighted by Gasteiger charge is 2.02. The lowest BCUT2D eigenvalue weighted by atomic mass is 10.2. The Morgan fingerprint density at radius 2 is 2.33 bits per heavy atom. The van der Waals surface area contributed by atoms with Gasteiger partial charge in [0.15, 0.2) is 0 Å². The van der Waals surface area contributed by atoms with Crippen molar-refractivity contribution in [3.63, 3.8) is 0 Å². The van der Waals surface area contributed by atoms with E-state index in [9.17, 15) is 4.79 Å². The van der Waals surface area contributed by atoms with Gasteiger partial charge in [-0.05, 0) is 38.0 Å². The summed E-state index contributed by atoms with van der Waals surface area (Å²) in [6.45, 7) is 5.38. The molecule has 21 heavy (non-hydrogen) atoms. The van der Waals surface area contributed by atoms with Gasteiger partial charge < -0.3 is 10.1 Å². The van der Waals surface area contributed by atoms with Gasteiger partial charge in [-0.1, -0.05) is 11.6 Å². The maximum atomic E-state index is 10.9. The Kier molecular flexibility index (Phi) is 7.74. The number of ether oxygens (including phenoxy) is 1. The van der Waals surface area contributed by atoms with Gasteiger partial charge in [-0.25, -0.2) is 10.5 Å². The van der Waals surface area contributed by atoms with Crippen LogP contribution in [-0.2, 0) is 9.53 Å². The van der Waals surface area contributed by atoms with Crippen LogP contribution < -0.4 is 10.8 Å². The van der Waals surface area contributed by atoms with Crippen molar-refractivity contribution < 1.29 is 14.7 Å². The van der Waals surface area contributed by atoms with Crippen LogP contribution in [0.2, 0.25) is 5.02 Å². The second-order valence-electron chi connectivity index (χ2n) is 4.61. The van der Waals surface area contributed by atoms with Crippen molar-refractivity contribution in [2.24, 2.45) is 0 Å². The molecule has 116 valence electrons. The van der Waals surface area contributed by atoms with Gasteiger partial charge in [0.05, 0.1) is 11.1 Å². The molecule has 0 bridgehead atoms. The fraction of sp³-hybridized carbons (Fsp3) is 0.429. The van der Waals surface area contributed by atoms with E-state index in [4.69, 9.17) is 21.5 Å². The molecule has 1 aromatic heterocycles. The van der Waals surface area contributed by atoms with Crippen molar-refractivity contribution >= 4 is 29.4 Å². The molecule has 1 aromatic rings. The molecule has 0 unspecified atom stereocenters. The third-order valence-electron chi connectivity index (χ3n) is 2.46. The fourth-order valence-electron chi connectivity index (χ4n) is 1.48. The molecule has 7 heteroatoms. The summed E-state index contributed by atoms with van der Waals surface area (Å²) in [6, 6.07) is 1.68. The predicted molar refractivity (Wildman–Crippen MR) is 82.4 cm³/mol. The van der Waals surface area contributed by atoms with Crippen molar-refractivity contribution in [3.8, 4) is 0 Å². The smallest absolute Gasteiger partial charge is 0.267 e. The molecule has 0 spiro atoms. The molecule has 6 nitrogen and oxygen atoms in total. The summed E-state index contributed by atoms with van der Waals surface area (Å²) in [5.74, 6) is -0.0246. The number of halogens is 1. The highest BCUT2D eigenvalue weighted by atomic mass is 35.5. The van der Waals surface area contributed by atoms with E-state index in [2.05, 4.69) is 10.3 Å². The number of nitrogens with zero attached hydrogens (tertiary/aromatic N) is 1. The molecule has 0 fully saturated rings. The zero-order valence-electron chi connectivity index (χ0n) is 12.1. The molecule has 0 aliphatic carbocycles. The molecule has 0 atom stereocenters. The average molecular weight is 314 g/mol. The van der Waals surface area contributed by atoms with E-state index < -0.39 is 5.91 Å². The molecular weight excluding hydrogens is 294 g/mol. The molecule has 1 rings (SSSR count). The molecule has 0 aliphatic rings. The molecule has 0 saturated heterocycles. The van der Waals surface area contributed by atoms with Gasteiger partial charge in [0.25, 0.3) is 5.91 Å². The maximum absolute atomic E-state index is 10.9. The van der Waals surface area contributed by atoms with Crippen LogP contribution in [0, 0.1) is 0 Å². The van der Waals surface area contributed by atoms with Gasteiger partial charge in [-0.3, -0.25) is 10.0 Å². The number of carbonyl (C=O) groups excluding carboxylic acids is 1. The first-order valence-corrected chi connectivity index (χ1v) is 7.04. The molecule has 0 saturated carbocycles. The van der Waals surface area contributed by atoms with E-state index in [1.807, 2.05) is 13.8 Å². The van der Waals surface area contributed by atoms with Crippen LogP contribution in [0.25, 0.3) is 6.08 Å². The summed E-state index contributed by atoms with van der Waals surface area (Å²) in [4.78, 5) is 15.0. The topological polar surface area (TPSA) is 83.5 Å². The van der Waals surface area contributed by atoms with Gasteiger partial charge in [-0.2, -0.15) is 0 Å². The predicted octanol–water partition coefficient (Wildman–Crippen LogP) is 2.48. The Morgan fingerprint density at radius 1 is 1.57 bits per heavy atom. The average Bonchev–Trinajstić information content (AvgIpc) is 2.45. The van der Waals surface area contributed by atoms with Crippen LogP contribution in [0.1, 0.15) is 25.8 Å². The summed E-state index contributed by atoms with van der Waals surface area (Å²) >= 11 is 6.10. The fourth-order valence-corrected chi connectivity index (χ4v) is 1.72. The number of nitrogens with one attached hydrogen (secondary N) is 2. The van der Waals surface area contributed by atoms with Crippen molar-refractivity contribution in [2.45, 2.75) is 26.4 Å².